The first-order valence-corrected chi connectivity index (χ1v) is 9.35. The zero-order chi connectivity index (χ0) is 14.5. The number of hydrogen-bond donors (Lipinski definition) is 0. The van der Waals surface area contributed by atoms with Crippen LogP contribution in [0.15, 0.2) is 36.5 Å². The van der Waals surface area contributed by atoms with E-state index in [1.165, 1.54) is 12.1 Å². The lowest BCUT2D eigenvalue weighted by molar-refractivity contribution is -0.137. The fourth-order valence-electron chi connectivity index (χ4n) is 1.78. The van der Waals surface area contributed by atoms with Gasteiger partial charge in [-0.25, -0.2) is 0 Å². The Hall–Kier alpha value is -0.743. The molecule has 0 aliphatic rings. The van der Waals surface area contributed by atoms with E-state index >= 15 is 0 Å². The number of hydrogen-bond acceptors (Lipinski definition) is 0. The van der Waals surface area contributed by atoms with Gasteiger partial charge in [0.2, 0.25) is 0 Å². The van der Waals surface area contributed by atoms with E-state index in [1.807, 2.05) is 5.70 Å². The Bertz CT molecular complexity index is 400. The second kappa shape index (κ2) is 7.15. The third-order valence-corrected chi connectivity index (χ3v) is 5.71. The summed E-state index contributed by atoms with van der Waals surface area (Å²) in [5.74, 6) is 0. The molecule has 0 heterocycles. The molecule has 0 aromatic heterocycles. The van der Waals surface area contributed by atoms with Crippen molar-refractivity contribution in [3.8, 4) is 0 Å². The zero-order valence-corrected chi connectivity index (χ0v) is 12.8. The van der Waals surface area contributed by atoms with Crippen LogP contribution >= 0.6 is 11.6 Å². The Morgan fingerprint density at radius 1 is 1.32 bits per heavy atom. The topological polar surface area (TPSA) is 0 Å². The summed E-state index contributed by atoms with van der Waals surface area (Å²) in [5.41, 5.74) is 2.15. The standard InChI is InChI=1S/C14H18ClF3Si/c1-3-19(2)10-4-5-13(15)11-6-8-12(9-7-11)14(16,17)18/h3,6-9,13,19H,1,4-5,10H2,2H3. The molecule has 0 fully saturated rings. The Kier molecular flexibility index (Phi) is 6.14. The van der Waals surface area contributed by atoms with Crippen molar-refractivity contribution < 1.29 is 13.2 Å². The molecule has 0 aliphatic heterocycles. The van der Waals surface area contributed by atoms with E-state index in [2.05, 4.69) is 13.1 Å². The lowest BCUT2D eigenvalue weighted by Crippen LogP contribution is -2.05. The van der Waals surface area contributed by atoms with Crippen molar-refractivity contribution >= 4 is 20.4 Å². The van der Waals surface area contributed by atoms with E-state index < -0.39 is 20.5 Å². The lowest BCUT2D eigenvalue weighted by atomic mass is 10.1. The molecule has 0 nitrogen and oxygen atoms in total. The molecule has 106 valence electrons. The van der Waals surface area contributed by atoms with Crippen molar-refractivity contribution in [2.45, 2.75) is 37.0 Å². The minimum absolute atomic E-state index is 0.215. The van der Waals surface area contributed by atoms with Crippen molar-refractivity contribution in [3.05, 3.63) is 47.7 Å². The molecule has 1 aromatic rings. The largest absolute Gasteiger partial charge is 0.416 e. The number of halogens is 4. The van der Waals surface area contributed by atoms with Gasteiger partial charge in [0.1, 0.15) is 0 Å². The molecule has 19 heavy (non-hydrogen) atoms. The van der Waals surface area contributed by atoms with Gasteiger partial charge in [0.25, 0.3) is 0 Å². The van der Waals surface area contributed by atoms with Crippen LogP contribution in [-0.2, 0) is 6.18 Å². The predicted molar refractivity (Wildman–Crippen MR) is 77.3 cm³/mol. The number of alkyl halides is 4. The maximum atomic E-state index is 12.4. The summed E-state index contributed by atoms with van der Waals surface area (Å²) in [6.45, 7) is 5.99. The normalized spacial score (nSPS) is 15.0. The fourth-order valence-corrected chi connectivity index (χ4v) is 3.20. The molecule has 0 N–H and O–H groups in total. The van der Waals surface area contributed by atoms with Crippen molar-refractivity contribution in [1.29, 1.82) is 0 Å². The van der Waals surface area contributed by atoms with Crippen LogP contribution in [0.3, 0.4) is 0 Å². The second-order valence-electron chi connectivity index (χ2n) is 4.73. The van der Waals surface area contributed by atoms with E-state index in [9.17, 15) is 13.2 Å². The van der Waals surface area contributed by atoms with E-state index in [0.29, 0.717) is 0 Å². The van der Waals surface area contributed by atoms with Crippen LogP contribution in [0.1, 0.15) is 29.3 Å². The Labute approximate surface area is 118 Å². The number of rotatable bonds is 6. The monoisotopic (exact) mass is 306 g/mol. The number of benzene rings is 1. The first-order chi connectivity index (χ1) is 8.84. The molecule has 0 spiro atoms. The van der Waals surface area contributed by atoms with Gasteiger partial charge in [-0.05, 0) is 24.1 Å². The third-order valence-electron chi connectivity index (χ3n) is 3.12. The molecule has 2 atom stereocenters. The molecule has 1 rings (SSSR count). The van der Waals surface area contributed by atoms with E-state index in [0.717, 1.165) is 36.6 Å². The van der Waals surface area contributed by atoms with Crippen molar-refractivity contribution in [2.24, 2.45) is 0 Å². The van der Waals surface area contributed by atoms with Crippen LogP contribution in [0.2, 0.25) is 12.6 Å². The molecule has 0 amide bonds. The van der Waals surface area contributed by atoms with Crippen molar-refractivity contribution in [1.82, 2.24) is 0 Å². The Balaban J connectivity index is 2.53. The van der Waals surface area contributed by atoms with Gasteiger partial charge in [-0.3, -0.25) is 0 Å². The molecule has 0 bridgehead atoms. The van der Waals surface area contributed by atoms with E-state index in [4.69, 9.17) is 11.6 Å². The van der Waals surface area contributed by atoms with Gasteiger partial charge in [0.15, 0.2) is 0 Å². The lowest BCUT2D eigenvalue weighted by Gasteiger charge is -2.12. The highest BCUT2D eigenvalue weighted by atomic mass is 35.5. The Morgan fingerprint density at radius 3 is 2.37 bits per heavy atom. The summed E-state index contributed by atoms with van der Waals surface area (Å²) in [6, 6.07) is 6.24. The molecule has 1 aromatic carbocycles. The quantitative estimate of drug-likeness (QED) is 0.491. The SMILES string of the molecule is C=C[SiH](C)CCCC(Cl)c1ccc(C(F)(F)F)cc1. The smallest absolute Gasteiger partial charge is 0.166 e. The highest BCUT2D eigenvalue weighted by Gasteiger charge is 2.30. The molecule has 0 aliphatic carbocycles. The average molecular weight is 307 g/mol. The molecular formula is C14H18ClF3Si. The molecule has 0 saturated heterocycles. The second-order valence-corrected chi connectivity index (χ2v) is 8.26. The first kappa shape index (κ1) is 16.3. The average Bonchev–Trinajstić information content (AvgIpc) is 2.37. The van der Waals surface area contributed by atoms with Gasteiger partial charge in [-0.15, -0.1) is 23.9 Å². The van der Waals surface area contributed by atoms with Crippen LogP contribution in [-0.4, -0.2) is 8.80 Å². The van der Waals surface area contributed by atoms with Crippen molar-refractivity contribution in [3.63, 3.8) is 0 Å². The summed E-state index contributed by atoms with van der Waals surface area (Å²) >= 11 is 6.21. The first-order valence-electron chi connectivity index (χ1n) is 6.28. The molecular weight excluding hydrogens is 289 g/mol. The Morgan fingerprint density at radius 2 is 1.89 bits per heavy atom. The van der Waals surface area contributed by atoms with Gasteiger partial charge in [0, 0.05) is 0 Å². The van der Waals surface area contributed by atoms with Gasteiger partial charge >= 0.3 is 6.18 Å². The fraction of sp³-hybridized carbons (Fsp3) is 0.429. The van der Waals surface area contributed by atoms with Gasteiger partial charge in [-0.1, -0.05) is 31.1 Å². The van der Waals surface area contributed by atoms with Gasteiger partial charge in [-0.2, -0.15) is 13.2 Å². The zero-order valence-electron chi connectivity index (χ0n) is 10.9. The van der Waals surface area contributed by atoms with Crippen LogP contribution < -0.4 is 0 Å². The predicted octanol–water partition coefficient (Wildman–Crippen LogP) is 5.35. The van der Waals surface area contributed by atoms with Crippen LogP contribution in [0.4, 0.5) is 13.2 Å². The minimum Gasteiger partial charge on any atom is -0.166 e. The third kappa shape index (κ3) is 5.41. The van der Waals surface area contributed by atoms with E-state index in [-0.39, 0.29) is 5.38 Å². The van der Waals surface area contributed by atoms with Crippen LogP contribution in [0.5, 0.6) is 0 Å². The minimum atomic E-state index is -4.29. The van der Waals surface area contributed by atoms with Gasteiger partial charge < -0.3 is 0 Å². The maximum Gasteiger partial charge on any atom is 0.416 e. The maximum absolute atomic E-state index is 12.4. The molecule has 0 radical (unpaired) electrons. The summed E-state index contributed by atoms with van der Waals surface area (Å²) in [6.07, 6.45) is -2.50. The summed E-state index contributed by atoms with van der Waals surface area (Å²) in [5, 5.41) is -0.215. The summed E-state index contributed by atoms with van der Waals surface area (Å²) in [7, 11) is -0.809. The summed E-state index contributed by atoms with van der Waals surface area (Å²) < 4.78 is 37.2. The van der Waals surface area contributed by atoms with Gasteiger partial charge in [0.05, 0.1) is 19.7 Å². The molecule has 5 heteroatoms. The van der Waals surface area contributed by atoms with Crippen molar-refractivity contribution in [2.75, 3.05) is 0 Å². The molecule has 2 unspecified atom stereocenters. The van der Waals surface area contributed by atoms with Crippen LogP contribution in [0.25, 0.3) is 0 Å². The highest BCUT2D eigenvalue weighted by Crippen LogP contribution is 2.32. The van der Waals surface area contributed by atoms with E-state index in [1.54, 1.807) is 0 Å². The van der Waals surface area contributed by atoms with Crippen LogP contribution in [0, 0.1) is 0 Å². The molecule has 0 saturated carbocycles. The summed E-state index contributed by atoms with van der Waals surface area (Å²) in [4.78, 5) is 0. The highest BCUT2D eigenvalue weighted by molar-refractivity contribution is 6.62.